The molecule has 0 bridgehead atoms. The Hall–Kier alpha value is -1.87. The van der Waals surface area contributed by atoms with E-state index in [0.29, 0.717) is 12.5 Å². The van der Waals surface area contributed by atoms with E-state index in [0.717, 1.165) is 48.6 Å². The van der Waals surface area contributed by atoms with Crippen molar-refractivity contribution in [1.29, 1.82) is 0 Å². The number of morpholine rings is 1. The van der Waals surface area contributed by atoms with E-state index >= 15 is 0 Å². The molecule has 1 aliphatic rings. The van der Waals surface area contributed by atoms with Crippen LogP contribution < -0.4 is 5.32 Å². The molecule has 148 valence electrons. The molecule has 8 heteroatoms. The van der Waals surface area contributed by atoms with E-state index in [2.05, 4.69) is 39.5 Å². The van der Waals surface area contributed by atoms with Crippen molar-refractivity contribution in [3.63, 3.8) is 0 Å². The number of rotatable bonds is 7. The summed E-state index contributed by atoms with van der Waals surface area (Å²) in [5, 5.41) is 13.8. The lowest BCUT2D eigenvalue weighted by Gasteiger charge is -2.34. The van der Waals surface area contributed by atoms with Crippen LogP contribution >= 0.6 is 22.7 Å². The third-order valence-corrected chi connectivity index (χ3v) is 6.74. The highest BCUT2D eigenvalue weighted by Gasteiger charge is 2.24. The quantitative estimate of drug-likeness (QED) is 0.625. The molecular formula is C20H23FN4OS2. The Bertz CT molecular complexity index is 890. The number of halogens is 1. The van der Waals surface area contributed by atoms with E-state index in [9.17, 15) is 4.39 Å². The van der Waals surface area contributed by atoms with Gasteiger partial charge in [-0.25, -0.2) is 4.39 Å². The van der Waals surface area contributed by atoms with Gasteiger partial charge in [-0.3, -0.25) is 4.90 Å². The van der Waals surface area contributed by atoms with Gasteiger partial charge in [0, 0.05) is 35.8 Å². The molecule has 1 unspecified atom stereocenters. The van der Waals surface area contributed by atoms with Crippen molar-refractivity contribution < 1.29 is 9.13 Å². The topological polar surface area (TPSA) is 50.3 Å². The summed E-state index contributed by atoms with van der Waals surface area (Å²) >= 11 is 3.40. The smallest absolute Gasteiger partial charge is 0.205 e. The highest BCUT2D eigenvalue weighted by molar-refractivity contribution is 7.15. The van der Waals surface area contributed by atoms with Crippen LogP contribution in [-0.4, -0.2) is 47.9 Å². The first kappa shape index (κ1) is 19.4. The van der Waals surface area contributed by atoms with Gasteiger partial charge in [-0.1, -0.05) is 23.5 Å². The van der Waals surface area contributed by atoms with Gasteiger partial charge >= 0.3 is 0 Å². The standard InChI is InChI=1S/C20H23FN4OS2/c1-14-2-7-18(27-14)17(25-8-10-26-11-9-25)13-22-20-24-23-19(28-20)12-15-3-5-16(21)6-4-15/h2-7,17H,8-13H2,1H3,(H,22,24). The van der Waals surface area contributed by atoms with Gasteiger partial charge in [-0.05, 0) is 36.8 Å². The van der Waals surface area contributed by atoms with Crippen molar-refractivity contribution in [2.24, 2.45) is 0 Å². The SMILES string of the molecule is Cc1ccc(C(CNc2nnc(Cc3ccc(F)cc3)s2)N2CCOCC2)s1. The largest absolute Gasteiger partial charge is 0.379 e. The first-order valence-electron chi connectivity index (χ1n) is 9.36. The summed E-state index contributed by atoms with van der Waals surface area (Å²) < 4.78 is 18.6. The summed E-state index contributed by atoms with van der Waals surface area (Å²) in [5.41, 5.74) is 1.03. The molecule has 1 saturated heterocycles. The molecule has 0 saturated carbocycles. The van der Waals surface area contributed by atoms with Gasteiger partial charge in [0.25, 0.3) is 0 Å². The maximum Gasteiger partial charge on any atom is 0.205 e. The minimum absolute atomic E-state index is 0.221. The zero-order valence-electron chi connectivity index (χ0n) is 15.7. The summed E-state index contributed by atoms with van der Waals surface area (Å²) in [6.45, 7) is 6.36. The van der Waals surface area contributed by atoms with Gasteiger partial charge in [0.05, 0.1) is 19.3 Å². The molecule has 0 amide bonds. The Balaban J connectivity index is 1.41. The second-order valence-corrected chi connectivity index (χ2v) is 9.18. The lowest BCUT2D eigenvalue weighted by Crippen LogP contribution is -2.41. The summed E-state index contributed by atoms with van der Waals surface area (Å²) in [4.78, 5) is 5.16. The zero-order chi connectivity index (χ0) is 19.3. The van der Waals surface area contributed by atoms with Gasteiger partial charge in [-0.2, -0.15) is 0 Å². The molecule has 1 atom stereocenters. The Kier molecular flexibility index (Phi) is 6.31. The van der Waals surface area contributed by atoms with Crippen molar-refractivity contribution >= 4 is 27.8 Å². The third-order valence-electron chi connectivity index (χ3n) is 4.76. The molecule has 1 aliphatic heterocycles. The molecule has 0 radical (unpaired) electrons. The Morgan fingerprint density at radius 2 is 1.89 bits per heavy atom. The number of hydrogen-bond acceptors (Lipinski definition) is 7. The van der Waals surface area contributed by atoms with Crippen LogP contribution in [0.3, 0.4) is 0 Å². The molecule has 3 heterocycles. The number of anilines is 1. The normalized spacial score (nSPS) is 16.2. The van der Waals surface area contributed by atoms with Crippen molar-refractivity contribution in [2.45, 2.75) is 19.4 Å². The van der Waals surface area contributed by atoms with E-state index in [-0.39, 0.29) is 5.82 Å². The van der Waals surface area contributed by atoms with Gasteiger partial charge in [0.15, 0.2) is 0 Å². The zero-order valence-corrected chi connectivity index (χ0v) is 17.4. The fourth-order valence-electron chi connectivity index (χ4n) is 3.29. The average Bonchev–Trinajstić information content (AvgIpc) is 3.34. The molecule has 1 aromatic carbocycles. The molecule has 1 N–H and O–H groups in total. The molecule has 0 aliphatic carbocycles. The number of nitrogens with one attached hydrogen (secondary N) is 1. The van der Waals surface area contributed by atoms with Crippen molar-refractivity contribution in [2.75, 3.05) is 38.2 Å². The van der Waals surface area contributed by atoms with Crippen molar-refractivity contribution in [3.05, 3.63) is 62.5 Å². The van der Waals surface area contributed by atoms with Crippen LogP contribution in [0.5, 0.6) is 0 Å². The molecular weight excluding hydrogens is 395 g/mol. The maximum absolute atomic E-state index is 13.1. The lowest BCUT2D eigenvalue weighted by atomic mass is 10.2. The molecule has 5 nitrogen and oxygen atoms in total. The number of aryl methyl sites for hydroxylation is 1. The van der Waals surface area contributed by atoms with Gasteiger partial charge < -0.3 is 10.1 Å². The van der Waals surface area contributed by atoms with Crippen LogP contribution in [0, 0.1) is 12.7 Å². The van der Waals surface area contributed by atoms with Crippen LogP contribution in [0.4, 0.5) is 9.52 Å². The van der Waals surface area contributed by atoms with E-state index in [4.69, 9.17) is 4.74 Å². The molecule has 4 rings (SSSR count). The van der Waals surface area contributed by atoms with Crippen LogP contribution in [0.15, 0.2) is 36.4 Å². The molecule has 2 aromatic heterocycles. The summed E-state index contributed by atoms with van der Waals surface area (Å²) in [7, 11) is 0. The second-order valence-electron chi connectivity index (χ2n) is 6.80. The van der Waals surface area contributed by atoms with E-state index in [1.54, 1.807) is 23.5 Å². The van der Waals surface area contributed by atoms with Crippen LogP contribution in [0.25, 0.3) is 0 Å². The minimum Gasteiger partial charge on any atom is -0.379 e. The van der Waals surface area contributed by atoms with E-state index in [1.807, 2.05) is 11.3 Å². The lowest BCUT2D eigenvalue weighted by molar-refractivity contribution is 0.0194. The molecule has 3 aromatic rings. The average molecular weight is 419 g/mol. The second kappa shape index (κ2) is 9.09. The van der Waals surface area contributed by atoms with Crippen molar-refractivity contribution in [3.8, 4) is 0 Å². The summed E-state index contributed by atoms with van der Waals surface area (Å²) in [6, 6.07) is 11.2. The maximum atomic E-state index is 13.1. The third kappa shape index (κ3) is 4.94. The first-order valence-corrected chi connectivity index (χ1v) is 11.0. The Labute approximate surface area is 172 Å². The highest BCUT2D eigenvalue weighted by Crippen LogP contribution is 2.29. The molecule has 28 heavy (non-hydrogen) atoms. The van der Waals surface area contributed by atoms with Crippen LogP contribution in [0.1, 0.15) is 26.4 Å². The minimum atomic E-state index is -0.221. The number of nitrogens with zero attached hydrogens (tertiary/aromatic N) is 3. The molecule has 0 spiro atoms. The highest BCUT2D eigenvalue weighted by atomic mass is 32.1. The number of ether oxygens (including phenoxy) is 1. The number of benzene rings is 1. The van der Waals surface area contributed by atoms with Gasteiger partial charge in [0.1, 0.15) is 10.8 Å². The van der Waals surface area contributed by atoms with Gasteiger partial charge in [0.2, 0.25) is 5.13 Å². The number of aromatic nitrogens is 2. The van der Waals surface area contributed by atoms with Crippen LogP contribution in [-0.2, 0) is 11.2 Å². The Morgan fingerprint density at radius 3 is 2.61 bits per heavy atom. The molecule has 1 fully saturated rings. The van der Waals surface area contributed by atoms with Crippen molar-refractivity contribution in [1.82, 2.24) is 15.1 Å². The first-order chi connectivity index (χ1) is 13.7. The predicted molar refractivity (Wildman–Crippen MR) is 112 cm³/mol. The summed E-state index contributed by atoms with van der Waals surface area (Å²) in [5.74, 6) is -0.221. The predicted octanol–water partition coefficient (Wildman–Crippen LogP) is 4.12. The fourth-order valence-corrected chi connectivity index (χ4v) is 5.08. The Morgan fingerprint density at radius 1 is 1.11 bits per heavy atom. The monoisotopic (exact) mass is 418 g/mol. The van der Waals surface area contributed by atoms with E-state index < -0.39 is 0 Å². The number of thiophene rings is 1. The van der Waals surface area contributed by atoms with Crippen LogP contribution in [0.2, 0.25) is 0 Å². The summed E-state index contributed by atoms with van der Waals surface area (Å²) in [6.07, 6.45) is 0.663. The fraction of sp³-hybridized carbons (Fsp3) is 0.400. The number of hydrogen-bond donors (Lipinski definition) is 1. The van der Waals surface area contributed by atoms with Gasteiger partial charge in [-0.15, -0.1) is 21.5 Å². The van der Waals surface area contributed by atoms with E-state index in [1.165, 1.54) is 21.9 Å².